The van der Waals surface area contributed by atoms with Gasteiger partial charge in [-0.15, -0.1) is 0 Å². The molecule has 0 bridgehead atoms. The summed E-state index contributed by atoms with van der Waals surface area (Å²) in [5.41, 5.74) is 6.14. The number of oxazole rings is 1. The lowest BCUT2D eigenvalue weighted by molar-refractivity contribution is 0.595. The van der Waals surface area contributed by atoms with E-state index >= 15 is 0 Å². The van der Waals surface area contributed by atoms with Crippen molar-refractivity contribution in [1.29, 1.82) is 0 Å². The molecule has 0 aliphatic heterocycles. The molecular formula is C9H6BrClN2O. The zero-order valence-corrected chi connectivity index (χ0v) is 9.34. The number of nitrogen functional groups attached to an aromatic ring is 1. The Labute approximate surface area is 94.0 Å². The fourth-order valence-corrected chi connectivity index (χ4v) is 1.67. The van der Waals surface area contributed by atoms with E-state index in [1.165, 1.54) is 0 Å². The van der Waals surface area contributed by atoms with Crippen molar-refractivity contribution in [3.63, 3.8) is 0 Å². The molecule has 1 heterocycles. The van der Waals surface area contributed by atoms with E-state index in [2.05, 4.69) is 20.9 Å². The second-order valence-corrected chi connectivity index (χ2v) is 4.01. The molecular weight excluding hydrogens is 267 g/mol. The smallest absolute Gasteiger partial charge is 0.292 e. The molecule has 1 aromatic carbocycles. The summed E-state index contributed by atoms with van der Waals surface area (Å²) in [6.45, 7) is 0. The second-order valence-electron chi connectivity index (χ2n) is 2.69. The van der Waals surface area contributed by atoms with E-state index in [0.29, 0.717) is 10.8 Å². The van der Waals surface area contributed by atoms with Gasteiger partial charge in [0.1, 0.15) is 0 Å². The molecule has 2 N–H and O–H groups in total. The van der Waals surface area contributed by atoms with Gasteiger partial charge in [-0.25, -0.2) is 4.98 Å². The lowest BCUT2D eigenvalue weighted by Crippen LogP contribution is -1.80. The average molecular weight is 274 g/mol. The first-order valence-electron chi connectivity index (χ1n) is 3.83. The summed E-state index contributed by atoms with van der Waals surface area (Å²) in [5, 5.41) is 0.601. The number of nitrogens with zero attached hydrogens (tertiary/aromatic N) is 1. The van der Waals surface area contributed by atoms with Crippen LogP contribution in [0.4, 0.5) is 6.01 Å². The van der Waals surface area contributed by atoms with Crippen molar-refractivity contribution in [3.05, 3.63) is 33.9 Å². The Hall–Kier alpha value is -1.00. The van der Waals surface area contributed by atoms with Gasteiger partial charge in [0.15, 0.2) is 5.76 Å². The largest absolute Gasteiger partial charge is 0.424 e. The van der Waals surface area contributed by atoms with E-state index in [1.807, 2.05) is 12.1 Å². The molecule has 1 aromatic heterocycles. The van der Waals surface area contributed by atoms with Crippen molar-refractivity contribution in [1.82, 2.24) is 4.98 Å². The summed E-state index contributed by atoms with van der Waals surface area (Å²) >= 11 is 9.34. The normalized spacial score (nSPS) is 10.4. The number of halogens is 2. The van der Waals surface area contributed by atoms with Gasteiger partial charge in [0, 0.05) is 10.0 Å². The minimum Gasteiger partial charge on any atom is -0.424 e. The number of anilines is 1. The molecule has 2 aromatic rings. The van der Waals surface area contributed by atoms with Crippen LogP contribution in [-0.2, 0) is 0 Å². The van der Waals surface area contributed by atoms with E-state index in [-0.39, 0.29) is 6.01 Å². The van der Waals surface area contributed by atoms with Crippen molar-refractivity contribution < 1.29 is 4.42 Å². The van der Waals surface area contributed by atoms with E-state index in [4.69, 9.17) is 21.8 Å². The zero-order valence-electron chi connectivity index (χ0n) is 7.00. The Kier molecular flexibility index (Phi) is 2.48. The molecule has 0 spiro atoms. The maximum atomic E-state index is 5.99. The summed E-state index contributed by atoms with van der Waals surface area (Å²) in [5.74, 6) is 0.564. The lowest BCUT2D eigenvalue weighted by atomic mass is 10.2. The molecule has 14 heavy (non-hydrogen) atoms. The SMILES string of the molecule is Nc1ncc(-c2cc(Br)ccc2Cl)o1. The van der Waals surface area contributed by atoms with Crippen LogP contribution in [0.2, 0.25) is 5.02 Å². The standard InChI is InChI=1S/C9H6BrClN2O/c10-5-1-2-7(11)6(3-5)8-4-13-9(12)14-8/h1-4H,(H2,12,13). The van der Waals surface area contributed by atoms with Gasteiger partial charge >= 0.3 is 0 Å². The van der Waals surface area contributed by atoms with Crippen molar-refractivity contribution in [2.45, 2.75) is 0 Å². The molecule has 5 heteroatoms. The number of rotatable bonds is 1. The number of nitrogens with two attached hydrogens (primary N) is 1. The van der Waals surface area contributed by atoms with Crippen LogP contribution in [0.5, 0.6) is 0 Å². The fraction of sp³-hybridized carbons (Fsp3) is 0. The summed E-state index contributed by atoms with van der Waals surface area (Å²) in [6, 6.07) is 5.61. The quantitative estimate of drug-likeness (QED) is 0.867. The third-order valence-electron chi connectivity index (χ3n) is 1.72. The van der Waals surface area contributed by atoms with Crippen LogP contribution in [0, 0.1) is 0 Å². The fourth-order valence-electron chi connectivity index (χ4n) is 1.10. The molecule has 0 saturated heterocycles. The molecule has 0 aliphatic rings. The number of hydrogen-bond acceptors (Lipinski definition) is 3. The minimum absolute atomic E-state index is 0.135. The number of hydrogen-bond donors (Lipinski definition) is 1. The average Bonchev–Trinajstić information content (AvgIpc) is 2.56. The van der Waals surface area contributed by atoms with Crippen LogP contribution < -0.4 is 5.73 Å². The van der Waals surface area contributed by atoms with Crippen LogP contribution in [0.25, 0.3) is 11.3 Å². The highest BCUT2D eigenvalue weighted by atomic mass is 79.9. The Bertz CT molecular complexity index is 470. The van der Waals surface area contributed by atoms with Crippen LogP contribution in [0.1, 0.15) is 0 Å². The highest BCUT2D eigenvalue weighted by Gasteiger charge is 2.08. The Morgan fingerprint density at radius 3 is 2.86 bits per heavy atom. The maximum Gasteiger partial charge on any atom is 0.292 e. The first kappa shape index (κ1) is 9.55. The predicted octanol–water partition coefficient (Wildman–Crippen LogP) is 3.34. The Balaban J connectivity index is 2.55. The van der Waals surface area contributed by atoms with E-state index in [9.17, 15) is 0 Å². The first-order valence-corrected chi connectivity index (χ1v) is 5.00. The van der Waals surface area contributed by atoms with Gasteiger partial charge in [0.25, 0.3) is 6.01 Å². The van der Waals surface area contributed by atoms with E-state index < -0.39 is 0 Å². The molecule has 0 radical (unpaired) electrons. The lowest BCUT2D eigenvalue weighted by Gasteiger charge is -1.99. The van der Waals surface area contributed by atoms with Gasteiger partial charge in [0.05, 0.1) is 11.2 Å². The summed E-state index contributed by atoms with van der Waals surface area (Å²) in [4.78, 5) is 3.80. The van der Waals surface area contributed by atoms with Gasteiger partial charge in [0.2, 0.25) is 0 Å². The van der Waals surface area contributed by atoms with Gasteiger partial charge in [-0.2, -0.15) is 0 Å². The molecule has 3 nitrogen and oxygen atoms in total. The summed E-state index contributed by atoms with van der Waals surface area (Å²) in [7, 11) is 0. The van der Waals surface area contributed by atoms with Crippen LogP contribution in [-0.4, -0.2) is 4.98 Å². The van der Waals surface area contributed by atoms with Gasteiger partial charge < -0.3 is 10.2 Å². The highest BCUT2D eigenvalue weighted by molar-refractivity contribution is 9.10. The monoisotopic (exact) mass is 272 g/mol. The first-order chi connectivity index (χ1) is 6.66. The van der Waals surface area contributed by atoms with Crippen molar-refractivity contribution in [3.8, 4) is 11.3 Å². The second kappa shape index (κ2) is 3.63. The van der Waals surface area contributed by atoms with Crippen LogP contribution in [0.15, 0.2) is 33.3 Å². The molecule has 0 unspecified atom stereocenters. The van der Waals surface area contributed by atoms with Crippen molar-refractivity contribution >= 4 is 33.5 Å². The molecule has 0 aliphatic carbocycles. The summed E-state index contributed by atoms with van der Waals surface area (Å²) < 4.78 is 6.09. The summed E-state index contributed by atoms with van der Waals surface area (Å²) in [6.07, 6.45) is 1.54. The van der Waals surface area contributed by atoms with Gasteiger partial charge in [-0.1, -0.05) is 27.5 Å². The minimum atomic E-state index is 0.135. The number of aromatic nitrogens is 1. The molecule has 0 fully saturated rings. The maximum absolute atomic E-state index is 5.99. The van der Waals surface area contributed by atoms with Gasteiger partial charge in [-0.3, -0.25) is 0 Å². The topological polar surface area (TPSA) is 52.0 Å². The Morgan fingerprint density at radius 2 is 2.21 bits per heavy atom. The van der Waals surface area contributed by atoms with Gasteiger partial charge in [-0.05, 0) is 18.2 Å². The molecule has 72 valence electrons. The Morgan fingerprint density at radius 1 is 1.43 bits per heavy atom. The van der Waals surface area contributed by atoms with Crippen molar-refractivity contribution in [2.75, 3.05) is 5.73 Å². The third-order valence-corrected chi connectivity index (χ3v) is 2.54. The number of benzene rings is 1. The highest BCUT2D eigenvalue weighted by Crippen LogP contribution is 2.31. The van der Waals surface area contributed by atoms with Crippen LogP contribution >= 0.6 is 27.5 Å². The van der Waals surface area contributed by atoms with Crippen molar-refractivity contribution in [2.24, 2.45) is 0 Å². The van der Waals surface area contributed by atoms with Crippen LogP contribution in [0.3, 0.4) is 0 Å². The van der Waals surface area contributed by atoms with E-state index in [0.717, 1.165) is 10.0 Å². The molecule has 0 saturated carbocycles. The molecule has 2 rings (SSSR count). The predicted molar refractivity (Wildman–Crippen MR) is 59.1 cm³/mol. The molecule has 0 amide bonds. The third kappa shape index (κ3) is 1.76. The van der Waals surface area contributed by atoms with E-state index in [1.54, 1.807) is 12.3 Å². The zero-order chi connectivity index (χ0) is 10.1. The molecule has 0 atom stereocenters.